The van der Waals surface area contributed by atoms with E-state index >= 15 is 0 Å². The van der Waals surface area contributed by atoms with Crippen LogP contribution in [-0.4, -0.2) is 5.11 Å². The molecule has 1 aromatic heterocycles. The molecule has 0 saturated carbocycles. The van der Waals surface area contributed by atoms with Crippen molar-refractivity contribution in [2.24, 2.45) is 0 Å². The zero-order valence-electron chi connectivity index (χ0n) is 9.20. The lowest BCUT2D eigenvalue weighted by Crippen LogP contribution is -2.22. The van der Waals surface area contributed by atoms with Gasteiger partial charge in [-0.1, -0.05) is 12.1 Å². The molecule has 0 spiro atoms. The second kappa shape index (κ2) is 4.00. The molecule has 2 rings (SSSR count). The fourth-order valence-corrected chi connectivity index (χ4v) is 2.66. The molecule has 84 valence electrons. The quantitative estimate of drug-likeness (QED) is 0.846. The Morgan fingerprint density at radius 3 is 2.62 bits per heavy atom. The summed E-state index contributed by atoms with van der Waals surface area (Å²) in [7, 11) is 0. The summed E-state index contributed by atoms with van der Waals surface area (Å²) in [5.41, 5.74) is 0.459. The summed E-state index contributed by atoms with van der Waals surface area (Å²) in [5.74, 6) is -0.275. The van der Waals surface area contributed by atoms with Gasteiger partial charge >= 0.3 is 0 Å². The third kappa shape index (κ3) is 1.88. The zero-order valence-corrected chi connectivity index (χ0v) is 10.0. The van der Waals surface area contributed by atoms with Crippen molar-refractivity contribution in [3.8, 4) is 0 Å². The molecule has 0 aliphatic carbocycles. The molecule has 1 nitrogen and oxygen atoms in total. The van der Waals surface area contributed by atoms with E-state index in [0.717, 1.165) is 16.0 Å². The van der Waals surface area contributed by atoms with Crippen molar-refractivity contribution in [3.63, 3.8) is 0 Å². The Bertz CT molecular complexity index is 489. The first-order chi connectivity index (χ1) is 7.51. The molecule has 0 bridgehead atoms. The summed E-state index contributed by atoms with van der Waals surface area (Å²) in [5, 5.41) is 12.4. The van der Waals surface area contributed by atoms with Crippen LogP contribution in [0.3, 0.4) is 0 Å². The Balaban J connectivity index is 2.51. The third-order valence-electron chi connectivity index (χ3n) is 2.71. The van der Waals surface area contributed by atoms with Crippen LogP contribution in [0.4, 0.5) is 4.39 Å². The van der Waals surface area contributed by atoms with Crippen molar-refractivity contribution in [2.75, 3.05) is 0 Å². The molecule has 0 radical (unpaired) electrons. The van der Waals surface area contributed by atoms with E-state index in [0.29, 0.717) is 0 Å². The van der Waals surface area contributed by atoms with Crippen LogP contribution < -0.4 is 0 Å². The van der Waals surface area contributed by atoms with Gasteiger partial charge in [0.05, 0.1) is 0 Å². The van der Waals surface area contributed by atoms with Gasteiger partial charge in [0.15, 0.2) is 0 Å². The smallest absolute Gasteiger partial charge is 0.123 e. The summed E-state index contributed by atoms with van der Waals surface area (Å²) >= 11 is 1.49. The SMILES string of the molecule is Cc1cc(F)ccc1C(C)(O)c1cccs1. The predicted molar refractivity (Wildman–Crippen MR) is 64.1 cm³/mol. The topological polar surface area (TPSA) is 20.2 Å². The molecule has 3 heteroatoms. The summed E-state index contributed by atoms with van der Waals surface area (Å²) < 4.78 is 13.0. The second-order valence-corrected chi connectivity index (χ2v) is 4.96. The summed E-state index contributed by atoms with van der Waals surface area (Å²) in [6.07, 6.45) is 0. The Morgan fingerprint density at radius 2 is 2.06 bits per heavy atom. The summed E-state index contributed by atoms with van der Waals surface area (Å²) in [4.78, 5) is 0.863. The van der Waals surface area contributed by atoms with Crippen LogP contribution in [0, 0.1) is 12.7 Å². The van der Waals surface area contributed by atoms with Crippen LogP contribution in [0.2, 0.25) is 0 Å². The van der Waals surface area contributed by atoms with Gasteiger partial charge in [-0.2, -0.15) is 0 Å². The number of aliphatic hydroxyl groups is 1. The van der Waals surface area contributed by atoms with E-state index in [1.807, 2.05) is 17.5 Å². The van der Waals surface area contributed by atoms with Gasteiger partial charge < -0.3 is 5.11 Å². The lowest BCUT2D eigenvalue weighted by molar-refractivity contribution is 0.105. The number of rotatable bonds is 2. The van der Waals surface area contributed by atoms with Crippen LogP contribution in [0.25, 0.3) is 0 Å². The molecule has 1 aromatic carbocycles. The Morgan fingerprint density at radius 1 is 1.31 bits per heavy atom. The van der Waals surface area contributed by atoms with Crippen LogP contribution in [0.15, 0.2) is 35.7 Å². The molecule has 0 aliphatic heterocycles. The maximum atomic E-state index is 13.0. The van der Waals surface area contributed by atoms with Gasteiger partial charge in [-0.15, -0.1) is 11.3 Å². The van der Waals surface area contributed by atoms with Crippen molar-refractivity contribution in [2.45, 2.75) is 19.4 Å². The molecule has 1 N–H and O–H groups in total. The van der Waals surface area contributed by atoms with E-state index in [9.17, 15) is 9.50 Å². The predicted octanol–water partition coefficient (Wildman–Crippen LogP) is 3.45. The minimum Gasteiger partial charge on any atom is -0.380 e. The molecular weight excluding hydrogens is 223 g/mol. The molecule has 0 amide bonds. The Labute approximate surface area is 98.2 Å². The molecule has 0 fully saturated rings. The van der Waals surface area contributed by atoms with E-state index in [1.54, 1.807) is 19.9 Å². The van der Waals surface area contributed by atoms with Gasteiger partial charge in [0.2, 0.25) is 0 Å². The standard InChI is InChI=1S/C13H13FOS/c1-9-8-10(14)5-6-11(9)13(2,15)12-4-3-7-16-12/h3-8,15H,1-2H3. The van der Waals surface area contributed by atoms with Crippen LogP contribution in [0.1, 0.15) is 22.9 Å². The number of halogens is 1. The summed E-state index contributed by atoms with van der Waals surface area (Å²) in [6, 6.07) is 8.24. The average molecular weight is 236 g/mol. The minimum atomic E-state index is -1.05. The van der Waals surface area contributed by atoms with Gasteiger partial charge in [-0.25, -0.2) is 4.39 Å². The van der Waals surface area contributed by atoms with Crippen LogP contribution in [-0.2, 0) is 5.60 Å². The number of hydrogen-bond acceptors (Lipinski definition) is 2. The highest BCUT2D eigenvalue weighted by atomic mass is 32.1. The lowest BCUT2D eigenvalue weighted by Gasteiger charge is -2.24. The van der Waals surface area contributed by atoms with Gasteiger partial charge in [-0.05, 0) is 48.6 Å². The number of aryl methyl sites for hydroxylation is 1. The first-order valence-electron chi connectivity index (χ1n) is 5.05. The first kappa shape index (κ1) is 11.3. The van der Waals surface area contributed by atoms with E-state index in [4.69, 9.17) is 0 Å². The molecule has 1 atom stereocenters. The number of benzene rings is 1. The van der Waals surface area contributed by atoms with Crippen molar-refractivity contribution < 1.29 is 9.50 Å². The molecule has 1 unspecified atom stereocenters. The first-order valence-corrected chi connectivity index (χ1v) is 5.93. The number of thiophene rings is 1. The normalized spacial score (nSPS) is 14.8. The highest BCUT2D eigenvalue weighted by Gasteiger charge is 2.28. The van der Waals surface area contributed by atoms with Gasteiger partial charge in [0, 0.05) is 4.88 Å². The van der Waals surface area contributed by atoms with Crippen molar-refractivity contribution in [3.05, 3.63) is 57.5 Å². The van der Waals surface area contributed by atoms with Crippen LogP contribution in [0.5, 0.6) is 0 Å². The summed E-state index contributed by atoms with van der Waals surface area (Å²) in [6.45, 7) is 3.54. The van der Waals surface area contributed by atoms with Crippen molar-refractivity contribution in [1.29, 1.82) is 0 Å². The van der Waals surface area contributed by atoms with E-state index < -0.39 is 5.60 Å². The second-order valence-electron chi connectivity index (χ2n) is 4.01. The van der Waals surface area contributed by atoms with Gasteiger partial charge in [0.1, 0.15) is 11.4 Å². The molecule has 0 saturated heterocycles. The average Bonchev–Trinajstić information content (AvgIpc) is 2.69. The zero-order chi connectivity index (χ0) is 11.8. The van der Waals surface area contributed by atoms with E-state index in [-0.39, 0.29) is 5.82 Å². The monoisotopic (exact) mass is 236 g/mol. The fourth-order valence-electron chi connectivity index (χ4n) is 1.86. The molecule has 1 heterocycles. The largest absolute Gasteiger partial charge is 0.380 e. The molecule has 16 heavy (non-hydrogen) atoms. The highest BCUT2D eigenvalue weighted by Crippen LogP contribution is 2.34. The molecular formula is C13H13FOS. The fraction of sp³-hybridized carbons (Fsp3) is 0.231. The van der Waals surface area contributed by atoms with Crippen LogP contribution >= 0.6 is 11.3 Å². The number of hydrogen-bond donors (Lipinski definition) is 1. The molecule has 2 aromatic rings. The molecule has 0 aliphatic rings. The lowest BCUT2D eigenvalue weighted by atomic mass is 9.90. The van der Waals surface area contributed by atoms with E-state index in [1.165, 1.54) is 23.5 Å². The van der Waals surface area contributed by atoms with E-state index in [2.05, 4.69) is 0 Å². The highest BCUT2D eigenvalue weighted by molar-refractivity contribution is 7.10. The Hall–Kier alpha value is -1.19. The maximum absolute atomic E-state index is 13.0. The van der Waals surface area contributed by atoms with Crippen molar-refractivity contribution in [1.82, 2.24) is 0 Å². The van der Waals surface area contributed by atoms with Gasteiger partial charge in [-0.3, -0.25) is 0 Å². The maximum Gasteiger partial charge on any atom is 0.123 e. The third-order valence-corrected chi connectivity index (χ3v) is 3.79. The van der Waals surface area contributed by atoms with Gasteiger partial charge in [0.25, 0.3) is 0 Å². The Kier molecular flexibility index (Phi) is 2.82. The van der Waals surface area contributed by atoms with Crippen molar-refractivity contribution >= 4 is 11.3 Å². The minimum absolute atomic E-state index is 0.275.